The Morgan fingerprint density at radius 3 is 2.48 bits per heavy atom. The van der Waals surface area contributed by atoms with Gasteiger partial charge in [0.25, 0.3) is 0 Å². The highest BCUT2D eigenvalue weighted by Gasteiger charge is 2.40. The second kappa shape index (κ2) is 5.54. The van der Waals surface area contributed by atoms with E-state index in [0.717, 1.165) is 21.8 Å². The third kappa shape index (κ3) is 2.41. The molecular weight excluding hydrogens is 356 g/mol. The van der Waals surface area contributed by atoms with Gasteiger partial charge >= 0.3 is 5.97 Å². The minimum atomic E-state index is -3.66. The van der Waals surface area contributed by atoms with Crippen molar-refractivity contribution in [3.8, 4) is 10.4 Å². The molecule has 25 heavy (non-hydrogen) atoms. The van der Waals surface area contributed by atoms with Crippen LogP contribution >= 0.6 is 11.3 Å². The molecule has 0 amide bonds. The Labute approximate surface area is 149 Å². The Morgan fingerprint density at radius 1 is 1.08 bits per heavy atom. The Kier molecular flexibility index (Phi) is 3.56. The second-order valence-electron chi connectivity index (χ2n) is 6.04. The summed E-state index contributed by atoms with van der Waals surface area (Å²) in [5.41, 5.74) is 2.72. The zero-order chi connectivity index (χ0) is 17.8. The lowest BCUT2D eigenvalue weighted by atomic mass is 10.00. The molecule has 3 aromatic rings. The molecule has 0 saturated heterocycles. The number of fused-ring (bicyclic) bond motifs is 3. The van der Waals surface area contributed by atoms with E-state index in [1.165, 1.54) is 6.07 Å². The molecule has 0 bridgehead atoms. The van der Waals surface area contributed by atoms with Crippen molar-refractivity contribution in [2.75, 3.05) is 0 Å². The van der Waals surface area contributed by atoms with E-state index in [-0.39, 0.29) is 9.77 Å². The molecule has 0 radical (unpaired) electrons. The summed E-state index contributed by atoms with van der Waals surface area (Å²) in [7, 11) is -3.66. The van der Waals surface area contributed by atoms with Crippen molar-refractivity contribution < 1.29 is 18.3 Å². The number of thiophene rings is 1. The maximum atomic E-state index is 13.3. The van der Waals surface area contributed by atoms with Crippen LogP contribution in [0.2, 0.25) is 0 Å². The SMILES string of the molecule is Cc1ccc2c(c1)-c1sc(C(=O)O)cc1C(c1ccccc1)S2(=O)=O. The first-order chi connectivity index (χ1) is 11.9. The molecule has 1 atom stereocenters. The van der Waals surface area contributed by atoms with Gasteiger partial charge in [0.1, 0.15) is 10.1 Å². The molecule has 0 fully saturated rings. The van der Waals surface area contributed by atoms with Crippen LogP contribution in [-0.2, 0) is 9.84 Å². The van der Waals surface area contributed by atoms with Gasteiger partial charge in [0.05, 0.1) is 4.90 Å². The summed E-state index contributed by atoms with van der Waals surface area (Å²) in [6.07, 6.45) is 0. The second-order valence-corrected chi connectivity index (χ2v) is 9.09. The lowest BCUT2D eigenvalue weighted by Gasteiger charge is -2.26. The van der Waals surface area contributed by atoms with Gasteiger partial charge in [-0.15, -0.1) is 11.3 Å². The number of benzene rings is 2. The average molecular weight is 370 g/mol. The molecule has 0 aliphatic carbocycles. The topological polar surface area (TPSA) is 71.4 Å². The minimum absolute atomic E-state index is 0.149. The monoisotopic (exact) mass is 370 g/mol. The molecule has 1 aliphatic heterocycles. The predicted molar refractivity (Wildman–Crippen MR) is 96.9 cm³/mol. The number of hydrogen-bond donors (Lipinski definition) is 1. The molecule has 1 N–H and O–H groups in total. The summed E-state index contributed by atoms with van der Waals surface area (Å²) >= 11 is 1.13. The van der Waals surface area contributed by atoms with Crippen molar-refractivity contribution >= 4 is 27.1 Å². The fraction of sp³-hybridized carbons (Fsp3) is 0.105. The Balaban J connectivity index is 2.09. The summed E-state index contributed by atoms with van der Waals surface area (Å²) < 4.78 is 26.6. The summed E-state index contributed by atoms with van der Waals surface area (Å²) in [5, 5.41) is 8.50. The van der Waals surface area contributed by atoms with E-state index in [1.807, 2.05) is 19.1 Å². The minimum Gasteiger partial charge on any atom is -0.477 e. The van der Waals surface area contributed by atoms with Gasteiger partial charge in [-0.25, -0.2) is 13.2 Å². The molecule has 1 unspecified atom stereocenters. The zero-order valence-corrected chi connectivity index (χ0v) is 14.9. The molecule has 2 aromatic carbocycles. The summed E-state index contributed by atoms with van der Waals surface area (Å²) in [6.45, 7) is 1.89. The Hall–Kier alpha value is -2.44. The molecule has 126 valence electrons. The molecule has 0 saturated carbocycles. The van der Waals surface area contributed by atoms with Gasteiger partial charge in [0.15, 0.2) is 9.84 Å². The van der Waals surface area contributed by atoms with Crippen LogP contribution < -0.4 is 0 Å². The highest BCUT2D eigenvalue weighted by molar-refractivity contribution is 7.92. The average Bonchev–Trinajstić information content (AvgIpc) is 3.00. The van der Waals surface area contributed by atoms with Crippen molar-refractivity contribution in [1.82, 2.24) is 0 Å². The van der Waals surface area contributed by atoms with E-state index < -0.39 is 21.1 Å². The third-order valence-electron chi connectivity index (χ3n) is 4.35. The van der Waals surface area contributed by atoms with E-state index in [9.17, 15) is 18.3 Å². The predicted octanol–water partition coefficient (Wildman–Crippen LogP) is 4.30. The molecule has 2 heterocycles. The van der Waals surface area contributed by atoms with E-state index in [2.05, 4.69) is 0 Å². The van der Waals surface area contributed by atoms with Gasteiger partial charge in [-0.3, -0.25) is 0 Å². The maximum Gasteiger partial charge on any atom is 0.345 e. The highest BCUT2D eigenvalue weighted by atomic mass is 32.2. The van der Waals surface area contributed by atoms with Crippen molar-refractivity contribution in [3.05, 3.63) is 76.2 Å². The summed E-state index contributed by atoms with van der Waals surface area (Å²) in [4.78, 5) is 12.6. The number of aryl methyl sites for hydroxylation is 1. The summed E-state index contributed by atoms with van der Waals surface area (Å²) in [5.74, 6) is -1.04. The van der Waals surface area contributed by atoms with E-state index >= 15 is 0 Å². The lowest BCUT2D eigenvalue weighted by molar-refractivity contribution is 0.0702. The van der Waals surface area contributed by atoms with Crippen LogP contribution in [0.15, 0.2) is 59.5 Å². The van der Waals surface area contributed by atoms with Gasteiger partial charge in [-0.1, -0.05) is 42.0 Å². The first kappa shape index (κ1) is 16.1. The standard InChI is InChI=1S/C19H14O4S2/c1-11-7-8-16-13(9-11)17-14(10-15(24-17)19(20)21)18(25(16,22)23)12-5-3-2-4-6-12/h2-10,18H,1H3,(H,20,21). The Morgan fingerprint density at radius 2 is 1.80 bits per heavy atom. The van der Waals surface area contributed by atoms with Crippen LogP contribution in [-0.4, -0.2) is 19.5 Å². The first-order valence-electron chi connectivity index (χ1n) is 7.66. The molecule has 1 aliphatic rings. The molecule has 1 aromatic heterocycles. The molecule has 0 spiro atoms. The fourth-order valence-electron chi connectivity index (χ4n) is 3.27. The number of hydrogen-bond acceptors (Lipinski definition) is 4. The largest absolute Gasteiger partial charge is 0.477 e. The van der Waals surface area contributed by atoms with Gasteiger partial charge in [0.2, 0.25) is 0 Å². The number of aromatic carboxylic acids is 1. The van der Waals surface area contributed by atoms with E-state index in [1.54, 1.807) is 36.4 Å². The van der Waals surface area contributed by atoms with Crippen LogP contribution in [0.25, 0.3) is 10.4 Å². The normalized spacial score (nSPS) is 17.6. The summed E-state index contributed by atoms with van der Waals surface area (Å²) in [6, 6.07) is 15.7. The zero-order valence-electron chi connectivity index (χ0n) is 13.3. The Bertz CT molecular complexity index is 1100. The van der Waals surface area contributed by atoms with Crippen LogP contribution in [0.4, 0.5) is 0 Å². The van der Waals surface area contributed by atoms with Crippen LogP contribution in [0.3, 0.4) is 0 Å². The quantitative estimate of drug-likeness (QED) is 0.730. The van der Waals surface area contributed by atoms with Crippen LogP contribution in [0.5, 0.6) is 0 Å². The number of carbonyl (C=O) groups is 1. The number of carboxylic acid groups (broad SMARTS) is 1. The number of rotatable bonds is 2. The molecular formula is C19H14O4S2. The van der Waals surface area contributed by atoms with Crippen molar-refractivity contribution in [3.63, 3.8) is 0 Å². The smallest absolute Gasteiger partial charge is 0.345 e. The van der Waals surface area contributed by atoms with Gasteiger partial charge in [0, 0.05) is 10.4 Å². The van der Waals surface area contributed by atoms with E-state index in [4.69, 9.17) is 0 Å². The highest BCUT2D eigenvalue weighted by Crippen LogP contribution is 2.51. The maximum absolute atomic E-state index is 13.3. The molecule has 6 heteroatoms. The molecule has 4 rings (SSSR count). The van der Waals surface area contributed by atoms with Crippen molar-refractivity contribution in [2.24, 2.45) is 0 Å². The number of carboxylic acids is 1. The third-order valence-corrected chi connectivity index (χ3v) is 7.64. The van der Waals surface area contributed by atoms with Crippen molar-refractivity contribution in [2.45, 2.75) is 17.1 Å². The van der Waals surface area contributed by atoms with Crippen LogP contribution in [0.1, 0.15) is 31.6 Å². The first-order valence-corrected chi connectivity index (χ1v) is 10.0. The van der Waals surface area contributed by atoms with E-state index in [0.29, 0.717) is 16.7 Å². The lowest BCUT2D eigenvalue weighted by Crippen LogP contribution is -2.20. The van der Waals surface area contributed by atoms with Gasteiger partial charge in [-0.05, 0) is 36.2 Å². The van der Waals surface area contributed by atoms with Gasteiger partial charge < -0.3 is 5.11 Å². The number of sulfone groups is 1. The molecule has 4 nitrogen and oxygen atoms in total. The van der Waals surface area contributed by atoms with Crippen LogP contribution in [0, 0.1) is 6.92 Å². The fourth-order valence-corrected chi connectivity index (χ4v) is 6.49. The van der Waals surface area contributed by atoms with Gasteiger partial charge in [-0.2, -0.15) is 0 Å². The van der Waals surface area contributed by atoms with Crippen molar-refractivity contribution in [1.29, 1.82) is 0 Å².